The number of anilines is 1. The highest BCUT2D eigenvalue weighted by Crippen LogP contribution is 2.32. The van der Waals surface area contributed by atoms with Crippen molar-refractivity contribution >= 4 is 29.7 Å². The van der Waals surface area contributed by atoms with Crippen molar-refractivity contribution in [2.24, 2.45) is 0 Å². The Balaban J connectivity index is 1.50. The van der Waals surface area contributed by atoms with E-state index in [-0.39, 0.29) is 25.0 Å². The lowest BCUT2D eigenvalue weighted by atomic mass is 10.0. The summed E-state index contributed by atoms with van der Waals surface area (Å²) in [5.74, 6) is 0.0571. The maximum atomic E-state index is 13.6. The molecule has 4 heterocycles. The predicted molar refractivity (Wildman–Crippen MR) is 148 cm³/mol. The summed E-state index contributed by atoms with van der Waals surface area (Å²) in [6.07, 6.45) is 2.89. The molecule has 0 bridgehead atoms. The van der Waals surface area contributed by atoms with Crippen molar-refractivity contribution in [2.45, 2.75) is 58.6 Å². The molecule has 1 unspecified atom stereocenters. The van der Waals surface area contributed by atoms with Gasteiger partial charge in [0.25, 0.3) is 0 Å². The van der Waals surface area contributed by atoms with Crippen LogP contribution in [-0.2, 0) is 30.3 Å². The molecule has 2 aliphatic rings. The molecule has 1 saturated heterocycles. The number of aryl methyl sites for hydroxylation is 1. The number of ether oxygens (including phenoxy) is 3. The SMILES string of the molecule is CCOC(=O)C[C@@H](c1ccc(OC)nc1)N1CCN(CCC(OC(C)=O)c2ccc3c(n2)N(C(C)=O)CCC3)C1=O. The lowest BCUT2D eigenvalue weighted by molar-refractivity contribution is -0.147. The molecule has 1 fully saturated rings. The summed E-state index contributed by atoms with van der Waals surface area (Å²) in [4.78, 5) is 64.1. The van der Waals surface area contributed by atoms with E-state index >= 15 is 0 Å². The topological polar surface area (TPSA) is 131 Å². The van der Waals surface area contributed by atoms with Crippen LogP contribution in [0.1, 0.15) is 69.0 Å². The van der Waals surface area contributed by atoms with Crippen molar-refractivity contribution in [2.75, 3.05) is 44.8 Å². The van der Waals surface area contributed by atoms with E-state index in [1.807, 2.05) is 12.1 Å². The third-order valence-electron chi connectivity index (χ3n) is 7.26. The Morgan fingerprint density at radius 3 is 2.54 bits per heavy atom. The molecule has 0 aliphatic carbocycles. The van der Waals surface area contributed by atoms with Crippen molar-refractivity contribution in [1.82, 2.24) is 19.8 Å². The Hall–Kier alpha value is -4.22. The average Bonchev–Trinajstić information content (AvgIpc) is 3.32. The number of hydrogen-bond donors (Lipinski definition) is 0. The van der Waals surface area contributed by atoms with E-state index in [1.165, 1.54) is 21.0 Å². The molecular weight excluding hydrogens is 530 g/mol. The zero-order valence-electron chi connectivity index (χ0n) is 24.0. The normalized spacial score (nSPS) is 16.2. The first-order valence-electron chi connectivity index (χ1n) is 13.9. The van der Waals surface area contributed by atoms with E-state index in [0.717, 1.165) is 18.4 Å². The van der Waals surface area contributed by atoms with Crippen molar-refractivity contribution < 1.29 is 33.4 Å². The smallest absolute Gasteiger partial charge is 0.320 e. The van der Waals surface area contributed by atoms with E-state index in [2.05, 4.69) is 4.98 Å². The second kappa shape index (κ2) is 13.4. The second-order valence-corrected chi connectivity index (χ2v) is 10.0. The van der Waals surface area contributed by atoms with Crippen molar-refractivity contribution in [3.63, 3.8) is 0 Å². The fourth-order valence-electron chi connectivity index (χ4n) is 5.27. The molecule has 2 aromatic rings. The number of nitrogens with zero attached hydrogens (tertiary/aromatic N) is 5. The van der Waals surface area contributed by atoms with Crippen LogP contribution in [-0.4, -0.2) is 83.5 Å². The van der Waals surface area contributed by atoms with Gasteiger partial charge in [-0.15, -0.1) is 0 Å². The van der Waals surface area contributed by atoms with Gasteiger partial charge in [-0.2, -0.15) is 0 Å². The van der Waals surface area contributed by atoms with E-state index in [1.54, 1.807) is 40.0 Å². The Morgan fingerprint density at radius 2 is 1.88 bits per heavy atom. The van der Waals surface area contributed by atoms with E-state index in [4.69, 9.17) is 19.2 Å². The molecule has 3 amide bonds. The average molecular weight is 568 g/mol. The monoisotopic (exact) mass is 567 g/mol. The molecule has 4 rings (SSSR count). The number of pyridine rings is 2. The minimum Gasteiger partial charge on any atom is -0.481 e. The Morgan fingerprint density at radius 1 is 1.07 bits per heavy atom. The number of rotatable bonds is 11. The van der Waals surface area contributed by atoms with Crippen molar-refractivity contribution in [1.29, 1.82) is 0 Å². The highest BCUT2D eigenvalue weighted by Gasteiger charge is 2.36. The molecular formula is C29H37N5O7. The van der Waals surface area contributed by atoms with E-state index < -0.39 is 24.1 Å². The molecule has 12 heteroatoms. The first-order valence-corrected chi connectivity index (χ1v) is 13.9. The zero-order valence-corrected chi connectivity index (χ0v) is 24.0. The van der Waals surface area contributed by atoms with Gasteiger partial charge in [0.2, 0.25) is 11.8 Å². The number of methoxy groups -OCH3 is 1. The van der Waals surface area contributed by atoms with Crippen LogP contribution in [0.15, 0.2) is 30.5 Å². The number of hydrogen-bond acceptors (Lipinski definition) is 9. The number of urea groups is 1. The molecule has 0 N–H and O–H groups in total. The molecule has 12 nitrogen and oxygen atoms in total. The Bertz CT molecular complexity index is 1270. The Labute approximate surface area is 239 Å². The van der Waals surface area contributed by atoms with Crippen LogP contribution in [0, 0.1) is 0 Å². The van der Waals surface area contributed by atoms with Crippen molar-refractivity contribution in [3.8, 4) is 5.88 Å². The summed E-state index contributed by atoms with van der Waals surface area (Å²) in [7, 11) is 1.52. The van der Waals surface area contributed by atoms with Gasteiger partial charge in [0.1, 0.15) is 11.9 Å². The van der Waals surface area contributed by atoms with Crippen LogP contribution in [0.3, 0.4) is 0 Å². The number of esters is 2. The first-order chi connectivity index (χ1) is 19.7. The van der Waals surface area contributed by atoms with Crippen molar-refractivity contribution in [3.05, 3.63) is 47.3 Å². The van der Waals surface area contributed by atoms with Gasteiger partial charge in [0, 0.05) is 58.7 Å². The molecule has 2 aliphatic heterocycles. The van der Waals surface area contributed by atoms with Gasteiger partial charge in [-0.1, -0.05) is 12.1 Å². The van der Waals surface area contributed by atoms with Crippen LogP contribution < -0.4 is 9.64 Å². The third-order valence-corrected chi connectivity index (χ3v) is 7.26. The minimum atomic E-state index is -0.698. The fourth-order valence-corrected chi connectivity index (χ4v) is 5.27. The summed E-state index contributed by atoms with van der Waals surface area (Å²) in [6, 6.07) is 6.42. The van der Waals surface area contributed by atoms with Gasteiger partial charge in [0.15, 0.2) is 0 Å². The summed E-state index contributed by atoms with van der Waals surface area (Å²) in [6.45, 7) is 6.54. The summed E-state index contributed by atoms with van der Waals surface area (Å²) < 4.78 is 15.9. The number of carbonyl (C=O) groups excluding carboxylic acids is 4. The maximum absolute atomic E-state index is 13.6. The number of aromatic nitrogens is 2. The number of carbonyl (C=O) groups is 4. The van der Waals surface area contributed by atoms with Gasteiger partial charge in [-0.05, 0) is 37.0 Å². The molecule has 0 saturated carbocycles. The molecule has 0 spiro atoms. The van der Waals surface area contributed by atoms with E-state index in [0.29, 0.717) is 55.6 Å². The predicted octanol–water partition coefficient (Wildman–Crippen LogP) is 3.21. The standard InChI is InChI=1S/C29H37N5O7/c1-5-40-27(37)17-24(22-9-11-26(39-4)30-18-22)34-16-15-32(29(34)38)14-12-25(41-20(3)36)23-10-8-21-7-6-13-33(19(2)35)28(21)31-23/h8-11,18,24-25H,5-7,12-17H2,1-4H3/t24-,25?/m0/s1. The quantitative estimate of drug-likeness (QED) is 0.376. The summed E-state index contributed by atoms with van der Waals surface area (Å²) in [5.41, 5.74) is 2.20. The Kier molecular flexibility index (Phi) is 9.74. The molecule has 2 atom stereocenters. The largest absolute Gasteiger partial charge is 0.481 e. The van der Waals surface area contributed by atoms with Crippen LogP contribution >= 0.6 is 0 Å². The minimum absolute atomic E-state index is 0.0107. The van der Waals surface area contributed by atoms with Gasteiger partial charge < -0.3 is 24.0 Å². The summed E-state index contributed by atoms with van der Waals surface area (Å²) in [5, 5.41) is 0. The van der Waals surface area contributed by atoms with Gasteiger partial charge in [-0.3, -0.25) is 19.3 Å². The molecule has 0 radical (unpaired) electrons. The molecule has 41 heavy (non-hydrogen) atoms. The highest BCUT2D eigenvalue weighted by atomic mass is 16.5. The van der Waals surface area contributed by atoms with E-state index in [9.17, 15) is 19.2 Å². The lowest BCUT2D eigenvalue weighted by Gasteiger charge is -2.29. The van der Waals surface area contributed by atoms with Gasteiger partial charge >= 0.3 is 18.0 Å². The van der Waals surface area contributed by atoms with Crippen LogP contribution in [0.5, 0.6) is 5.88 Å². The van der Waals surface area contributed by atoms with Gasteiger partial charge in [-0.25, -0.2) is 14.8 Å². The maximum Gasteiger partial charge on any atom is 0.320 e. The highest BCUT2D eigenvalue weighted by molar-refractivity contribution is 5.91. The number of fused-ring (bicyclic) bond motifs is 1. The third kappa shape index (κ3) is 7.11. The summed E-state index contributed by atoms with van der Waals surface area (Å²) >= 11 is 0. The zero-order chi connectivity index (χ0) is 29.5. The van der Waals surface area contributed by atoms with Crippen LogP contribution in [0.2, 0.25) is 0 Å². The first kappa shape index (κ1) is 29.8. The second-order valence-electron chi connectivity index (χ2n) is 10.0. The molecule has 220 valence electrons. The number of amides is 3. The molecule has 2 aromatic heterocycles. The fraction of sp³-hybridized carbons (Fsp3) is 0.517. The lowest BCUT2D eigenvalue weighted by Crippen LogP contribution is -2.37. The van der Waals surface area contributed by atoms with Crippen LogP contribution in [0.4, 0.5) is 10.6 Å². The molecule has 0 aromatic carbocycles. The van der Waals surface area contributed by atoms with Crippen LogP contribution in [0.25, 0.3) is 0 Å². The van der Waals surface area contributed by atoms with Gasteiger partial charge in [0.05, 0.1) is 31.9 Å².